The SMILES string of the molecule is CC/C=C\C/C=C\C/C=C\C/C=C\C/C=C\C/C=C\C/C=C\C/C=C\CCCCCCC(=O)OCC(COC(=O)CCCCCCCCCC)OC(=O)CCCCCCC/C=C\C/C=C\C/C=C\C/C=C\C/C=C\CC. The maximum atomic E-state index is 12.9. The average Bonchev–Trinajstić information content (AvgIpc) is 3.42. The van der Waals surface area contributed by atoms with E-state index in [0.717, 1.165) is 173 Å². The maximum Gasteiger partial charge on any atom is 0.306 e. The Balaban J connectivity index is 4.34. The van der Waals surface area contributed by atoms with Gasteiger partial charge in [0.05, 0.1) is 0 Å². The Kier molecular flexibility index (Phi) is 58.5. The van der Waals surface area contributed by atoms with E-state index in [0.29, 0.717) is 19.3 Å². The molecule has 0 saturated heterocycles. The van der Waals surface area contributed by atoms with E-state index in [1.54, 1.807) is 0 Å². The van der Waals surface area contributed by atoms with Crippen molar-refractivity contribution in [2.75, 3.05) is 13.2 Å². The molecular formula is C70H110O6. The second-order valence-corrected chi connectivity index (χ2v) is 19.5. The fraction of sp³-hybridized carbons (Fsp3) is 0.586. The number of ether oxygens (including phenoxy) is 3. The van der Waals surface area contributed by atoms with E-state index in [2.05, 4.69) is 179 Å². The van der Waals surface area contributed by atoms with Crippen molar-refractivity contribution >= 4 is 17.9 Å². The number of carbonyl (C=O) groups excluding carboxylic acids is 3. The van der Waals surface area contributed by atoms with Crippen LogP contribution in [0, 0.1) is 0 Å². The molecule has 0 heterocycles. The number of unbranched alkanes of at least 4 members (excludes halogenated alkanes) is 16. The minimum atomic E-state index is -0.805. The van der Waals surface area contributed by atoms with Crippen LogP contribution in [-0.2, 0) is 28.6 Å². The first-order valence-electron chi connectivity index (χ1n) is 30.5. The summed E-state index contributed by atoms with van der Waals surface area (Å²) in [5, 5.41) is 0. The lowest BCUT2D eigenvalue weighted by Gasteiger charge is -2.18. The normalized spacial score (nSPS) is 13.2. The van der Waals surface area contributed by atoms with Crippen LogP contribution in [0.15, 0.2) is 158 Å². The second-order valence-electron chi connectivity index (χ2n) is 19.5. The van der Waals surface area contributed by atoms with Crippen molar-refractivity contribution in [3.8, 4) is 0 Å². The Morgan fingerprint density at radius 1 is 0.276 bits per heavy atom. The molecule has 426 valence electrons. The van der Waals surface area contributed by atoms with Crippen molar-refractivity contribution in [2.24, 2.45) is 0 Å². The molecule has 0 aliphatic carbocycles. The van der Waals surface area contributed by atoms with Gasteiger partial charge in [0.25, 0.3) is 0 Å². The Hall–Kier alpha value is -4.97. The van der Waals surface area contributed by atoms with Crippen LogP contribution in [0.3, 0.4) is 0 Å². The number of hydrogen-bond acceptors (Lipinski definition) is 6. The maximum absolute atomic E-state index is 12.9. The molecular weight excluding hydrogens is 937 g/mol. The van der Waals surface area contributed by atoms with Gasteiger partial charge in [0.15, 0.2) is 6.10 Å². The standard InChI is InChI=1S/C70H110O6/c1-4-7-10-13-16-19-21-23-25-27-29-31-32-33-34-35-36-37-38-40-41-43-45-47-49-51-54-57-60-63-69(72)75-66-67(65-74-68(71)62-59-56-53-18-15-12-9-6-3)76-70(73)64-61-58-55-52-50-48-46-44-42-39-30-28-26-24-22-20-17-14-11-8-5-2/h7-8,10-11,16-17,19-20,23-26,29-31,33-34,36-37,39-41,44-47,67H,4-6,9,12-15,18,21-22,27-28,32,35,38,42-43,48-66H2,1-3H3/b10-7-,11-8-,19-16-,20-17-,25-23-,26-24-,31-29-,34-33-,37-36-,39-30-,41-40-,46-44-,47-45-. The van der Waals surface area contributed by atoms with E-state index in [1.807, 2.05) is 0 Å². The Labute approximate surface area is 467 Å². The van der Waals surface area contributed by atoms with E-state index in [9.17, 15) is 14.4 Å². The summed E-state index contributed by atoms with van der Waals surface area (Å²) < 4.78 is 16.8. The van der Waals surface area contributed by atoms with Crippen LogP contribution in [0.2, 0.25) is 0 Å². The van der Waals surface area contributed by atoms with Gasteiger partial charge in [0, 0.05) is 19.3 Å². The number of allylic oxidation sites excluding steroid dienone is 26. The summed E-state index contributed by atoms with van der Waals surface area (Å²) in [4.78, 5) is 38.1. The summed E-state index contributed by atoms with van der Waals surface area (Å²) >= 11 is 0. The van der Waals surface area contributed by atoms with Crippen LogP contribution in [0.4, 0.5) is 0 Å². The van der Waals surface area contributed by atoms with Gasteiger partial charge in [-0.2, -0.15) is 0 Å². The highest BCUT2D eigenvalue weighted by atomic mass is 16.6. The van der Waals surface area contributed by atoms with E-state index < -0.39 is 6.10 Å². The average molecular weight is 1050 g/mol. The summed E-state index contributed by atoms with van der Waals surface area (Å²) in [6, 6.07) is 0. The Morgan fingerprint density at radius 3 is 0.803 bits per heavy atom. The topological polar surface area (TPSA) is 78.9 Å². The lowest BCUT2D eigenvalue weighted by Crippen LogP contribution is -2.30. The first kappa shape index (κ1) is 71.0. The summed E-state index contributed by atoms with van der Waals surface area (Å²) in [5.74, 6) is -0.956. The van der Waals surface area contributed by atoms with Crippen molar-refractivity contribution in [1.29, 1.82) is 0 Å². The first-order chi connectivity index (χ1) is 37.5. The number of esters is 3. The quantitative estimate of drug-likeness (QED) is 0.0261. The number of hydrogen-bond donors (Lipinski definition) is 0. The molecule has 0 rings (SSSR count). The third-order valence-corrected chi connectivity index (χ3v) is 12.3. The van der Waals surface area contributed by atoms with Gasteiger partial charge >= 0.3 is 17.9 Å². The van der Waals surface area contributed by atoms with Crippen LogP contribution < -0.4 is 0 Å². The van der Waals surface area contributed by atoms with Crippen LogP contribution in [0.1, 0.15) is 245 Å². The highest BCUT2D eigenvalue weighted by Crippen LogP contribution is 2.13. The second kappa shape index (κ2) is 62.6. The van der Waals surface area contributed by atoms with Crippen molar-refractivity contribution < 1.29 is 28.6 Å². The number of rotatable bonds is 53. The molecule has 0 radical (unpaired) electrons. The largest absolute Gasteiger partial charge is 0.462 e. The molecule has 0 fully saturated rings. The highest BCUT2D eigenvalue weighted by molar-refractivity contribution is 5.71. The van der Waals surface area contributed by atoms with Gasteiger partial charge in [-0.15, -0.1) is 0 Å². The summed E-state index contributed by atoms with van der Waals surface area (Å²) in [7, 11) is 0. The molecule has 0 aromatic rings. The van der Waals surface area contributed by atoms with Crippen molar-refractivity contribution in [1.82, 2.24) is 0 Å². The molecule has 0 bridgehead atoms. The van der Waals surface area contributed by atoms with Crippen LogP contribution in [0.5, 0.6) is 0 Å². The molecule has 6 nitrogen and oxygen atoms in total. The first-order valence-corrected chi connectivity index (χ1v) is 30.5. The Morgan fingerprint density at radius 2 is 0.513 bits per heavy atom. The lowest BCUT2D eigenvalue weighted by molar-refractivity contribution is -0.167. The van der Waals surface area contributed by atoms with Gasteiger partial charge in [-0.3, -0.25) is 14.4 Å². The van der Waals surface area contributed by atoms with Gasteiger partial charge in [0.2, 0.25) is 0 Å². The zero-order chi connectivity index (χ0) is 55.0. The molecule has 6 heteroatoms. The molecule has 0 spiro atoms. The lowest BCUT2D eigenvalue weighted by atomic mass is 10.1. The van der Waals surface area contributed by atoms with Crippen LogP contribution in [0.25, 0.3) is 0 Å². The Bertz CT molecular complexity index is 1720. The monoisotopic (exact) mass is 1050 g/mol. The van der Waals surface area contributed by atoms with Gasteiger partial charge in [-0.25, -0.2) is 0 Å². The van der Waals surface area contributed by atoms with Gasteiger partial charge in [-0.1, -0.05) is 256 Å². The van der Waals surface area contributed by atoms with Crippen LogP contribution in [-0.4, -0.2) is 37.2 Å². The zero-order valence-corrected chi connectivity index (χ0v) is 48.7. The molecule has 0 aliphatic heterocycles. The minimum absolute atomic E-state index is 0.0997. The molecule has 1 unspecified atom stereocenters. The summed E-state index contributed by atoms with van der Waals surface area (Å²) in [5.41, 5.74) is 0. The smallest absolute Gasteiger partial charge is 0.306 e. The van der Waals surface area contributed by atoms with E-state index in [1.165, 1.54) is 32.1 Å². The predicted molar refractivity (Wildman–Crippen MR) is 329 cm³/mol. The zero-order valence-electron chi connectivity index (χ0n) is 48.7. The van der Waals surface area contributed by atoms with E-state index in [4.69, 9.17) is 14.2 Å². The van der Waals surface area contributed by atoms with Crippen molar-refractivity contribution in [3.05, 3.63) is 158 Å². The molecule has 0 saturated carbocycles. The number of carbonyl (C=O) groups is 3. The third-order valence-electron chi connectivity index (χ3n) is 12.3. The van der Waals surface area contributed by atoms with Crippen LogP contribution >= 0.6 is 0 Å². The molecule has 76 heavy (non-hydrogen) atoms. The predicted octanol–water partition coefficient (Wildman–Crippen LogP) is 20.9. The molecule has 0 aromatic carbocycles. The summed E-state index contributed by atoms with van der Waals surface area (Å²) in [6.07, 6.45) is 91.1. The van der Waals surface area contributed by atoms with Gasteiger partial charge in [0.1, 0.15) is 13.2 Å². The summed E-state index contributed by atoms with van der Waals surface area (Å²) in [6.45, 7) is 6.33. The van der Waals surface area contributed by atoms with Crippen molar-refractivity contribution in [2.45, 2.75) is 252 Å². The fourth-order valence-electron chi connectivity index (χ4n) is 7.78. The third kappa shape index (κ3) is 59.9. The molecule has 1 atom stereocenters. The van der Waals surface area contributed by atoms with E-state index >= 15 is 0 Å². The van der Waals surface area contributed by atoms with Gasteiger partial charge in [-0.05, 0) is 128 Å². The fourth-order valence-corrected chi connectivity index (χ4v) is 7.78. The molecule has 0 aliphatic rings. The molecule has 0 N–H and O–H groups in total. The molecule has 0 amide bonds. The van der Waals surface area contributed by atoms with E-state index in [-0.39, 0.29) is 31.1 Å². The minimum Gasteiger partial charge on any atom is -0.462 e. The van der Waals surface area contributed by atoms with Crippen molar-refractivity contribution in [3.63, 3.8) is 0 Å². The van der Waals surface area contributed by atoms with Gasteiger partial charge < -0.3 is 14.2 Å². The highest BCUT2D eigenvalue weighted by Gasteiger charge is 2.19. The molecule has 0 aromatic heterocycles.